The molecule has 1 saturated heterocycles. The SMILES string of the molecule is CCOC(=O)COc1ccccc1C=C1C(=O)NC(=O)N(c2ccc3c(c2)OCO3)C1=O. The second-order valence-electron chi connectivity index (χ2n) is 6.63. The number of barbiturate groups is 1. The first kappa shape index (κ1) is 20.9. The molecule has 164 valence electrons. The Hall–Kier alpha value is -4.34. The first-order valence-corrected chi connectivity index (χ1v) is 9.66. The van der Waals surface area contributed by atoms with E-state index < -0.39 is 23.8 Å². The number of hydrogen-bond donors (Lipinski definition) is 1. The van der Waals surface area contributed by atoms with Crippen molar-refractivity contribution in [2.75, 3.05) is 24.9 Å². The number of hydrogen-bond acceptors (Lipinski definition) is 8. The third kappa shape index (κ3) is 4.10. The first-order chi connectivity index (χ1) is 15.5. The fourth-order valence-corrected chi connectivity index (χ4v) is 3.14. The van der Waals surface area contributed by atoms with Crippen molar-refractivity contribution in [3.8, 4) is 17.2 Å². The van der Waals surface area contributed by atoms with Crippen molar-refractivity contribution in [3.05, 3.63) is 53.6 Å². The highest BCUT2D eigenvalue weighted by Crippen LogP contribution is 2.36. The smallest absolute Gasteiger partial charge is 0.344 e. The Kier molecular flexibility index (Phi) is 5.75. The summed E-state index contributed by atoms with van der Waals surface area (Å²) in [5, 5.41) is 2.15. The van der Waals surface area contributed by atoms with Crippen LogP contribution in [0.5, 0.6) is 17.2 Å². The Labute approximate surface area is 182 Å². The largest absolute Gasteiger partial charge is 0.481 e. The second-order valence-corrected chi connectivity index (χ2v) is 6.63. The van der Waals surface area contributed by atoms with Gasteiger partial charge in [-0.2, -0.15) is 0 Å². The lowest BCUT2D eigenvalue weighted by atomic mass is 10.1. The van der Waals surface area contributed by atoms with Crippen molar-refractivity contribution in [1.82, 2.24) is 5.32 Å². The molecule has 0 saturated carbocycles. The van der Waals surface area contributed by atoms with Crippen LogP contribution in [-0.2, 0) is 19.1 Å². The van der Waals surface area contributed by atoms with Crippen molar-refractivity contribution < 1.29 is 38.1 Å². The summed E-state index contributed by atoms with van der Waals surface area (Å²) in [6.45, 7) is 1.59. The molecule has 2 aromatic rings. The Morgan fingerprint density at radius 3 is 2.72 bits per heavy atom. The number of carbonyl (C=O) groups is 4. The summed E-state index contributed by atoms with van der Waals surface area (Å²) in [7, 11) is 0. The maximum absolute atomic E-state index is 13.1. The molecule has 2 aromatic carbocycles. The van der Waals surface area contributed by atoms with Crippen molar-refractivity contribution in [2.24, 2.45) is 0 Å². The van der Waals surface area contributed by atoms with Gasteiger partial charge in [-0.25, -0.2) is 14.5 Å². The molecule has 4 amide bonds. The number of carbonyl (C=O) groups excluding carboxylic acids is 4. The molecular formula is C22H18N2O8. The summed E-state index contributed by atoms with van der Waals surface area (Å²) in [6.07, 6.45) is 1.30. The zero-order valence-corrected chi connectivity index (χ0v) is 17.0. The Bertz CT molecular complexity index is 1140. The highest BCUT2D eigenvalue weighted by molar-refractivity contribution is 6.39. The van der Waals surface area contributed by atoms with Gasteiger partial charge in [0.25, 0.3) is 11.8 Å². The number of urea groups is 1. The number of fused-ring (bicyclic) bond motifs is 1. The molecule has 2 aliphatic heterocycles. The van der Waals surface area contributed by atoms with E-state index >= 15 is 0 Å². The van der Waals surface area contributed by atoms with Gasteiger partial charge in [-0.1, -0.05) is 18.2 Å². The fraction of sp³-hybridized carbons (Fsp3) is 0.182. The fourth-order valence-electron chi connectivity index (χ4n) is 3.14. The van der Waals surface area contributed by atoms with E-state index in [0.29, 0.717) is 17.1 Å². The minimum atomic E-state index is -0.886. The predicted octanol–water partition coefficient (Wildman–Crippen LogP) is 2.02. The van der Waals surface area contributed by atoms with Crippen molar-refractivity contribution >= 4 is 35.6 Å². The van der Waals surface area contributed by atoms with Crippen molar-refractivity contribution in [1.29, 1.82) is 0 Å². The van der Waals surface area contributed by atoms with Gasteiger partial charge < -0.3 is 18.9 Å². The molecule has 10 nitrogen and oxygen atoms in total. The molecule has 0 bridgehead atoms. The van der Waals surface area contributed by atoms with Gasteiger partial charge in [-0.3, -0.25) is 14.9 Å². The van der Waals surface area contributed by atoms with E-state index in [4.69, 9.17) is 18.9 Å². The molecule has 0 radical (unpaired) electrons. The van der Waals surface area contributed by atoms with E-state index in [1.807, 2.05) is 0 Å². The Morgan fingerprint density at radius 2 is 1.91 bits per heavy atom. The third-order valence-electron chi connectivity index (χ3n) is 4.59. The second kappa shape index (κ2) is 8.80. The standard InChI is InChI=1S/C22H18N2O8/c1-2-29-19(25)11-30-16-6-4-3-5-13(16)9-15-20(26)23-22(28)24(21(15)27)14-7-8-17-18(10-14)32-12-31-17/h3-10H,2,11-12H2,1H3,(H,23,26,28). The van der Waals surface area contributed by atoms with Crippen LogP contribution in [0.2, 0.25) is 0 Å². The zero-order valence-electron chi connectivity index (χ0n) is 17.0. The van der Waals surface area contributed by atoms with Gasteiger partial charge in [0.1, 0.15) is 11.3 Å². The quantitative estimate of drug-likeness (QED) is 0.413. The summed E-state index contributed by atoms with van der Waals surface area (Å²) in [5.41, 5.74) is 0.298. The van der Waals surface area contributed by atoms with E-state index in [0.717, 1.165) is 4.90 Å². The summed E-state index contributed by atoms with van der Waals surface area (Å²) < 4.78 is 20.8. The molecule has 32 heavy (non-hydrogen) atoms. The lowest BCUT2D eigenvalue weighted by Gasteiger charge is -2.26. The Balaban J connectivity index is 1.63. The van der Waals surface area contributed by atoms with Crippen LogP contribution in [0.1, 0.15) is 12.5 Å². The van der Waals surface area contributed by atoms with Gasteiger partial charge in [0.05, 0.1) is 12.3 Å². The number of rotatable bonds is 6. The molecule has 1 N–H and O–H groups in total. The van der Waals surface area contributed by atoms with Gasteiger partial charge in [0.15, 0.2) is 18.1 Å². The summed E-state index contributed by atoms with van der Waals surface area (Å²) in [4.78, 5) is 50.4. The van der Waals surface area contributed by atoms with Crippen LogP contribution in [0, 0.1) is 0 Å². The molecule has 0 unspecified atom stereocenters. The van der Waals surface area contributed by atoms with Gasteiger partial charge >= 0.3 is 12.0 Å². The number of nitrogens with one attached hydrogen (secondary N) is 1. The van der Waals surface area contributed by atoms with Gasteiger partial charge in [-0.05, 0) is 31.2 Å². The molecule has 0 atom stereocenters. The predicted molar refractivity (Wildman–Crippen MR) is 110 cm³/mol. The van der Waals surface area contributed by atoms with E-state index in [2.05, 4.69) is 5.32 Å². The number of anilines is 1. The number of para-hydroxylation sites is 1. The first-order valence-electron chi connectivity index (χ1n) is 9.66. The van der Waals surface area contributed by atoms with Crippen LogP contribution in [0.15, 0.2) is 48.0 Å². The normalized spacial score (nSPS) is 16.2. The Morgan fingerprint density at radius 1 is 1.12 bits per heavy atom. The van der Waals surface area contributed by atoms with Crippen LogP contribution in [-0.4, -0.2) is 43.8 Å². The highest BCUT2D eigenvalue weighted by Gasteiger charge is 2.37. The molecule has 1 fully saturated rings. The van der Waals surface area contributed by atoms with Gasteiger partial charge in [-0.15, -0.1) is 0 Å². The van der Waals surface area contributed by atoms with E-state index in [9.17, 15) is 19.2 Å². The summed E-state index contributed by atoms with van der Waals surface area (Å²) in [6, 6.07) is 10.2. The van der Waals surface area contributed by atoms with E-state index in [-0.39, 0.29) is 37.0 Å². The number of ether oxygens (including phenoxy) is 4. The molecule has 2 aliphatic rings. The maximum atomic E-state index is 13.1. The summed E-state index contributed by atoms with van der Waals surface area (Å²) >= 11 is 0. The van der Waals surface area contributed by atoms with E-state index in [1.165, 1.54) is 18.2 Å². The minimum Gasteiger partial charge on any atom is -0.481 e. The molecule has 0 spiro atoms. The molecule has 0 aromatic heterocycles. The molecule has 2 heterocycles. The number of benzene rings is 2. The number of amides is 4. The van der Waals surface area contributed by atoms with Crippen LogP contribution >= 0.6 is 0 Å². The molecule has 0 aliphatic carbocycles. The summed E-state index contributed by atoms with van der Waals surface area (Å²) in [5.74, 6) is -1.10. The average molecular weight is 438 g/mol. The van der Waals surface area contributed by atoms with Crippen molar-refractivity contribution in [3.63, 3.8) is 0 Å². The molecule has 10 heteroatoms. The third-order valence-corrected chi connectivity index (χ3v) is 4.59. The monoisotopic (exact) mass is 438 g/mol. The van der Waals surface area contributed by atoms with E-state index in [1.54, 1.807) is 37.3 Å². The van der Waals surface area contributed by atoms with Gasteiger partial charge in [0.2, 0.25) is 6.79 Å². The van der Waals surface area contributed by atoms with Crippen LogP contribution < -0.4 is 24.4 Å². The molecule has 4 rings (SSSR count). The minimum absolute atomic E-state index is 0.0329. The van der Waals surface area contributed by atoms with Crippen LogP contribution in [0.25, 0.3) is 6.08 Å². The van der Waals surface area contributed by atoms with Gasteiger partial charge in [0, 0.05) is 11.6 Å². The topological polar surface area (TPSA) is 120 Å². The van der Waals surface area contributed by atoms with Crippen LogP contribution in [0.4, 0.5) is 10.5 Å². The van der Waals surface area contributed by atoms with Crippen LogP contribution in [0.3, 0.4) is 0 Å². The average Bonchev–Trinajstić information content (AvgIpc) is 3.24. The lowest BCUT2D eigenvalue weighted by molar-refractivity contribution is -0.145. The molecular weight excluding hydrogens is 420 g/mol. The lowest BCUT2D eigenvalue weighted by Crippen LogP contribution is -2.54. The zero-order chi connectivity index (χ0) is 22.7. The maximum Gasteiger partial charge on any atom is 0.344 e. The van der Waals surface area contributed by atoms with Crippen molar-refractivity contribution in [2.45, 2.75) is 6.92 Å². The number of nitrogens with zero attached hydrogens (tertiary/aromatic N) is 1. The number of esters is 1. The number of imide groups is 2. The highest BCUT2D eigenvalue weighted by atomic mass is 16.7.